The zero-order valence-corrected chi connectivity index (χ0v) is 15.1. The van der Waals surface area contributed by atoms with E-state index in [-0.39, 0.29) is 11.6 Å². The first kappa shape index (κ1) is 18.3. The Hall–Kier alpha value is -3.48. The van der Waals surface area contributed by atoms with E-state index in [1.54, 1.807) is 32.0 Å². The van der Waals surface area contributed by atoms with Gasteiger partial charge in [-0.1, -0.05) is 42.5 Å². The molecular weight excluding hydrogens is 344 g/mol. The lowest BCUT2D eigenvalue weighted by atomic mass is 10.1. The molecular formula is C20H20N4O3. The van der Waals surface area contributed by atoms with Gasteiger partial charge in [0.2, 0.25) is 5.91 Å². The third-order valence-corrected chi connectivity index (χ3v) is 4.22. The maximum atomic E-state index is 12.4. The molecule has 138 valence electrons. The second-order valence-electron chi connectivity index (χ2n) is 6.31. The Morgan fingerprint density at radius 2 is 1.93 bits per heavy atom. The third kappa shape index (κ3) is 4.20. The van der Waals surface area contributed by atoms with Crippen molar-refractivity contribution in [2.45, 2.75) is 26.4 Å². The summed E-state index contributed by atoms with van der Waals surface area (Å²) in [5, 5.41) is 17.9. The summed E-state index contributed by atoms with van der Waals surface area (Å²) in [7, 11) is 0. The Bertz CT molecular complexity index is 989. The topological polar surface area (TPSA) is 97.2 Å². The van der Waals surface area contributed by atoms with Gasteiger partial charge in [-0.15, -0.1) is 0 Å². The van der Waals surface area contributed by atoms with Crippen LogP contribution in [-0.4, -0.2) is 21.9 Å². The lowest BCUT2D eigenvalue weighted by Gasteiger charge is -2.17. The van der Waals surface area contributed by atoms with E-state index in [1.165, 1.54) is 6.07 Å². The highest BCUT2D eigenvalue weighted by Gasteiger charge is 2.18. The normalized spacial score (nSPS) is 11.8. The smallest absolute Gasteiger partial charge is 0.295 e. The number of nitro groups is 1. The predicted octanol–water partition coefficient (Wildman–Crippen LogP) is 3.57. The molecule has 0 fully saturated rings. The molecule has 3 aromatic rings. The van der Waals surface area contributed by atoms with E-state index in [4.69, 9.17) is 0 Å². The van der Waals surface area contributed by atoms with Crippen LogP contribution in [0.2, 0.25) is 0 Å². The van der Waals surface area contributed by atoms with Gasteiger partial charge in [-0.05, 0) is 25.5 Å². The van der Waals surface area contributed by atoms with E-state index < -0.39 is 11.0 Å². The molecule has 2 N–H and O–H groups in total. The van der Waals surface area contributed by atoms with Crippen LogP contribution in [0.15, 0.2) is 54.6 Å². The molecule has 1 amide bonds. The first-order valence-corrected chi connectivity index (χ1v) is 8.58. The summed E-state index contributed by atoms with van der Waals surface area (Å²) in [4.78, 5) is 27.5. The van der Waals surface area contributed by atoms with Crippen molar-refractivity contribution in [2.75, 3.05) is 5.32 Å². The van der Waals surface area contributed by atoms with E-state index in [9.17, 15) is 14.9 Å². The Morgan fingerprint density at radius 1 is 1.19 bits per heavy atom. The number of carbonyl (C=O) groups excluding carboxylic acids is 1. The number of nitro benzene ring substituents is 1. The lowest BCUT2D eigenvalue weighted by molar-refractivity contribution is -0.383. The minimum atomic E-state index is -0.516. The van der Waals surface area contributed by atoms with Crippen LogP contribution in [0.5, 0.6) is 0 Å². The van der Waals surface area contributed by atoms with Crippen molar-refractivity contribution in [3.05, 3.63) is 76.0 Å². The number of non-ortho nitro benzene ring substituents is 1. The minimum absolute atomic E-state index is 0.0552. The monoisotopic (exact) mass is 364 g/mol. The van der Waals surface area contributed by atoms with Gasteiger partial charge in [-0.2, -0.15) is 0 Å². The van der Waals surface area contributed by atoms with Gasteiger partial charge >= 0.3 is 0 Å². The Balaban J connectivity index is 1.80. The predicted molar refractivity (Wildman–Crippen MR) is 105 cm³/mol. The van der Waals surface area contributed by atoms with Crippen LogP contribution < -0.4 is 10.6 Å². The van der Waals surface area contributed by atoms with Gasteiger partial charge < -0.3 is 10.6 Å². The van der Waals surface area contributed by atoms with Crippen LogP contribution >= 0.6 is 0 Å². The summed E-state index contributed by atoms with van der Waals surface area (Å²) in [6.45, 7) is 3.95. The quantitative estimate of drug-likeness (QED) is 0.515. The maximum absolute atomic E-state index is 12.4. The van der Waals surface area contributed by atoms with Crippen LogP contribution in [-0.2, 0) is 11.3 Å². The number of aryl methyl sites for hydroxylation is 1. The number of aromatic nitrogens is 1. The van der Waals surface area contributed by atoms with Gasteiger partial charge in [-0.25, -0.2) is 4.98 Å². The molecule has 2 aromatic carbocycles. The highest BCUT2D eigenvalue weighted by Crippen LogP contribution is 2.30. The summed E-state index contributed by atoms with van der Waals surface area (Å²) >= 11 is 0. The standard InChI is InChI=1S/C20H20N4O3/c1-13-11-17(16-9-6-10-18(24(26)27)19(16)22-13)23-14(2)20(25)21-12-15-7-4-3-5-8-15/h3-11,14H,12H2,1-2H3,(H,21,25)(H,22,23). The fourth-order valence-corrected chi connectivity index (χ4v) is 2.87. The van der Waals surface area contributed by atoms with Gasteiger partial charge in [0.05, 0.1) is 4.92 Å². The van der Waals surface area contributed by atoms with E-state index >= 15 is 0 Å². The van der Waals surface area contributed by atoms with Crippen LogP contribution in [0.4, 0.5) is 11.4 Å². The molecule has 0 saturated carbocycles. The molecule has 1 atom stereocenters. The van der Waals surface area contributed by atoms with Crippen molar-refractivity contribution in [1.29, 1.82) is 0 Å². The van der Waals surface area contributed by atoms with Crippen molar-refractivity contribution in [2.24, 2.45) is 0 Å². The molecule has 1 heterocycles. The highest BCUT2D eigenvalue weighted by molar-refractivity contribution is 5.98. The first-order valence-electron chi connectivity index (χ1n) is 8.58. The van der Waals surface area contributed by atoms with Gasteiger partial charge in [0.15, 0.2) is 5.52 Å². The van der Waals surface area contributed by atoms with E-state index in [1.807, 2.05) is 30.3 Å². The molecule has 1 unspecified atom stereocenters. The molecule has 0 aliphatic heterocycles. The third-order valence-electron chi connectivity index (χ3n) is 4.22. The molecule has 0 saturated heterocycles. The number of pyridine rings is 1. The summed E-state index contributed by atoms with van der Waals surface area (Å²) < 4.78 is 0. The average Bonchev–Trinajstić information content (AvgIpc) is 2.66. The molecule has 0 aliphatic rings. The molecule has 1 aromatic heterocycles. The Kier molecular flexibility index (Phi) is 5.30. The Morgan fingerprint density at radius 3 is 2.63 bits per heavy atom. The van der Waals surface area contributed by atoms with Crippen molar-refractivity contribution in [1.82, 2.24) is 10.3 Å². The summed E-state index contributed by atoms with van der Waals surface area (Å²) in [5.41, 5.74) is 2.54. The molecule has 7 nitrogen and oxygen atoms in total. The van der Waals surface area contributed by atoms with E-state index in [2.05, 4.69) is 15.6 Å². The van der Waals surface area contributed by atoms with Crippen LogP contribution in [0.25, 0.3) is 10.9 Å². The summed E-state index contributed by atoms with van der Waals surface area (Å²) in [6.07, 6.45) is 0. The number of hydrogen-bond donors (Lipinski definition) is 2. The number of benzene rings is 2. The fourth-order valence-electron chi connectivity index (χ4n) is 2.87. The number of fused-ring (bicyclic) bond motifs is 1. The van der Waals surface area contributed by atoms with Crippen molar-refractivity contribution >= 4 is 28.2 Å². The van der Waals surface area contributed by atoms with E-state index in [0.29, 0.717) is 28.8 Å². The molecule has 7 heteroatoms. The lowest BCUT2D eigenvalue weighted by Crippen LogP contribution is -2.37. The van der Waals surface area contributed by atoms with Crippen LogP contribution in [0, 0.1) is 17.0 Å². The highest BCUT2D eigenvalue weighted by atomic mass is 16.6. The largest absolute Gasteiger partial charge is 0.373 e. The first-order chi connectivity index (χ1) is 13.0. The number of nitrogens with one attached hydrogen (secondary N) is 2. The molecule has 0 aliphatic carbocycles. The van der Waals surface area contributed by atoms with Crippen molar-refractivity contribution in [3.8, 4) is 0 Å². The van der Waals surface area contributed by atoms with E-state index in [0.717, 1.165) is 5.56 Å². The summed E-state index contributed by atoms with van der Waals surface area (Å²) in [5.74, 6) is -0.160. The van der Waals surface area contributed by atoms with Gasteiger partial charge in [0.25, 0.3) is 5.69 Å². The van der Waals surface area contributed by atoms with Crippen LogP contribution in [0.1, 0.15) is 18.2 Å². The average molecular weight is 364 g/mol. The second-order valence-corrected chi connectivity index (χ2v) is 6.31. The minimum Gasteiger partial charge on any atom is -0.373 e. The van der Waals surface area contributed by atoms with Gasteiger partial charge in [0.1, 0.15) is 6.04 Å². The second kappa shape index (κ2) is 7.82. The van der Waals surface area contributed by atoms with Gasteiger partial charge in [0, 0.05) is 29.4 Å². The Labute approximate surface area is 156 Å². The number of para-hydroxylation sites is 1. The molecule has 27 heavy (non-hydrogen) atoms. The molecule has 0 radical (unpaired) electrons. The van der Waals surface area contributed by atoms with Crippen molar-refractivity contribution in [3.63, 3.8) is 0 Å². The van der Waals surface area contributed by atoms with Gasteiger partial charge in [-0.3, -0.25) is 14.9 Å². The maximum Gasteiger partial charge on any atom is 0.295 e. The number of nitrogens with zero attached hydrogens (tertiary/aromatic N) is 2. The zero-order valence-electron chi connectivity index (χ0n) is 15.1. The number of hydrogen-bond acceptors (Lipinski definition) is 5. The molecule has 3 rings (SSSR count). The number of carbonyl (C=O) groups is 1. The number of amides is 1. The zero-order chi connectivity index (χ0) is 19.4. The molecule has 0 spiro atoms. The van der Waals surface area contributed by atoms with Crippen LogP contribution in [0.3, 0.4) is 0 Å². The molecule has 0 bridgehead atoms. The number of rotatable bonds is 6. The van der Waals surface area contributed by atoms with Crippen molar-refractivity contribution < 1.29 is 9.72 Å². The fraction of sp³-hybridized carbons (Fsp3) is 0.200. The number of anilines is 1. The summed E-state index contributed by atoms with van der Waals surface area (Å²) in [6, 6.07) is 15.7. The SMILES string of the molecule is Cc1cc(NC(C)C(=O)NCc2ccccc2)c2cccc([N+](=O)[O-])c2n1.